The second-order valence-corrected chi connectivity index (χ2v) is 22.1. The predicted molar refractivity (Wildman–Crippen MR) is 292 cm³/mol. The molecule has 0 aliphatic carbocycles. The molecule has 6 nitrogen and oxygen atoms in total. The molecule has 0 unspecified atom stereocenters. The minimum Gasteiger partial charge on any atom is -0.456 e. The molecule has 8 heteroatoms. The van der Waals surface area contributed by atoms with Gasteiger partial charge in [0.25, 0.3) is 13.4 Å². The van der Waals surface area contributed by atoms with Gasteiger partial charge in [-0.1, -0.05) is 139 Å². The third-order valence-corrected chi connectivity index (χ3v) is 16.0. The summed E-state index contributed by atoms with van der Waals surface area (Å²) in [5.74, 6) is 1.81. The van der Waals surface area contributed by atoms with Crippen LogP contribution in [0.25, 0.3) is 43.9 Å². The Morgan fingerprint density at radius 3 is 1.23 bits per heavy atom. The van der Waals surface area contributed by atoms with Crippen LogP contribution >= 0.6 is 0 Å². The lowest BCUT2D eigenvalue weighted by Crippen LogP contribution is -2.69. The third kappa shape index (κ3) is 4.90. The largest absolute Gasteiger partial charge is 0.456 e. The van der Waals surface area contributed by atoms with Crippen LogP contribution < -0.4 is 52.2 Å². The fourth-order valence-electron chi connectivity index (χ4n) is 12.8. The first-order valence-electron chi connectivity index (χ1n) is 24.6. The molecule has 0 spiro atoms. The summed E-state index contributed by atoms with van der Waals surface area (Å²) in [5.41, 5.74) is 23.5. The van der Waals surface area contributed by atoms with Crippen LogP contribution in [0.3, 0.4) is 0 Å². The summed E-state index contributed by atoms with van der Waals surface area (Å²) >= 11 is 0. The van der Waals surface area contributed by atoms with Crippen molar-refractivity contribution >= 4 is 141 Å². The molecule has 0 saturated carbocycles. The van der Waals surface area contributed by atoms with E-state index in [1.807, 2.05) is 0 Å². The number of anilines is 9. The van der Waals surface area contributed by atoms with Crippen LogP contribution in [-0.2, 0) is 10.8 Å². The topological polar surface area (TPSA) is 45.2 Å². The van der Waals surface area contributed by atoms with E-state index in [4.69, 9.17) is 13.6 Å². The SMILES string of the molecule is CC(C)(C)c1cc2c3c(c1)B1c4cc5c(cc4N(c4ccccc4)c4cc6c7c(c41)N3c1c(cc(C(C)(C)C)cc1B7c1cc3c(cc1N6c1ccccc1)oc1ccccc13)O2)oc1ccccc15. The molecule has 0 bridgehead atoms. The molecule has 0 atom stereocenters. The number of hydrogen-bond donors (Lipinski definition) is 0. The normalized spacial score (nSPS) is 14.7. The van der Waals surface area contributed by atoms with Gasteiger partial charge in [0.1, 0.15) is 22.3 Å². The van der Waals surface area contributed by atoms with Gasteiger partial charge in [0.2, 0.25) is 0 Å². The number of ether oxygens (including phenoxy) is 1. The van der Waals surface area contributed by atoms with Crippen LogP contribution in [-0.4, -0.2) is 13.4 Å². The molecule has 5 aliphatic rings. The van der Waals surface area contributed by atoms with Crippen LogP contribution in [0, 0.1) is 0 Å². The molecule has 9 aromatic carbocycles. The monoisotopic (exact) mass is 901 g/mol. The van der Waals surface area contributed by atoms with Crippen molar-refractivity contribution in [2.45, 2.75) is 52.4 Å². The van der Waals surface area contributed by atoms with Crippen LogP contribution in [0.4, 0.5) is 51.2 Å². The van der Waals surface area contributed by atoms with Crippen molar-refractivity contribution in [1.82, 2.24) is 0 Å². The molecule has 332 valence electrons. The summed E-state index contributed by atoms with van der Waals surface area (Å²) in [4.78, 5) is 7.67. The third-order valence-electron chi connectivity index (χ3n) is 16.0. The minimum absolute atomic E-state index is 0.135. The summed E-state index contributed by atoms with van der Waals surface area (Å²) in [6.07, 6.45) is 0. The van der Waals surface area contributed by atoms with Crippen LogP contribution in [0.5, 0.6) is 11.5 Å². The van der Waals surface area contributed by atoms with Crippen LogP contribution in [0.15, 0.2) is 173 Å². The van der Waals surface area contributed by atoms with Crippen molar-refractivity contribution in [2.24, 2.45) is 0 Å². The maximum absolute atomic E-state index is 7.50. The highest BCUT2D eigenvalue weighted by molar-refractivity contribution is 7.05. The average Bonchev–Trinajstić information content (AvgIpc) is 3.92. The van der Waals surface area contributed by atoms with Crippen molar-refractivity contribution in [3.05, 3.63) is 175 Å². The van der Waals surface area contributed by atoms with Crippen molar-refractivity contribution in [3.8, 4) is 11.5 Å². The van der Waals surface area contributed by atoms with Crippen LogP contribution in [0.1, 0.15) is 52.7 Å². The Hall–Kier alpha value is -8.09. The molecular weight excluding hydrogens is 856 g/mol. The van der Waals surface area contributed by atoms with E-state index in [0.29, 0.717) is 0 Å². The van der Waals surface area contributed by atoms with Gasteiger partial charge in [0.05, 0.1) is 11.4 Å². The highest BCUT2D eigenvalue weighted by atomic mass is 16.5. The molecule has 0 saturated heterocycles. The Bertz CT molecular complexity index is 3900. The van der Waals surface area contributed by atoms with E-state index in [2.05, 4.69) is 220 Å². The van der Waals surface area contributed by atoms with E-state index < -0.39 is 0 Å². The molecule has 11 aromatic rings. The Kier molecular flexibility index (Phi) is 7.19. The van der Waals surface area contributed by atoms with E-state index in [-0.39, 0.29) is 24.3 Å². The molecule has 7 heterocycles. The molecule has 0 N–H and O–H groups in total. The Morgan fingerprint density at radius 2 is 0.786 bits per heavy atom. The average molecular weight is 902 g/mol. The highest BCUT2D eigenvalue weighted by Crippen LogP contribution is 2.57. The summed E-state index contributed by atoms with van der Waals surface area (Å²) in [6, 6.07) is 60.5. The zero-order chi connectivity index (χ0) is 46.7. The van der Waals surface area contributed by atoms with Gasteiger partial charge in [0.15, 0.2) is 11.5 Å². The second-order valence-electron chi connectivity index (χ2n) is 22.1. The van der Waals surface area contributed by atoms with Gasteiger partial charge in [-0.3, -0.25) is 0 Å². The summed E-state index contributed by atoms with van der Waals surface area (Å²) in [6.45, 7) is 13.7. The van der Waals surface area contributed by atoms with E-state index in [0.717, 1.165) is 101 Å². The minimum atomic E-state index is -0.152. The second kappa shape index (κ2) is 13.0. The fourth-order valence-corrected chi connectivity index (χ4v) is 12.8. The fraction of sp³-hybridized carbons (Fsp3) is 0.129. The summed E-state index contributed by atoms with van der Waals surface area (Å²) < 4.78 is 21.0. The molecule has 5 aliphatic heterocycles. The molecule has 70 heavy (non-hydrogen) atoms. The van der Waals surface area contributed by atoms with Gasteiger partial charge in [-0.2, -0.15) is 0 Å². The Morgan fingerprint density at radius 1 is 0.357 bits per heavy atom. The highest BCUT2D eigenvalue weighted by Gasteiger charge is 2.55. The number of nitrogens with zero attached hydrogens (tertiary/aromatic N) is 3. The molecule has 2 aromatic heterocycles. The van der Waals surface area contributed by atoms with Gasteiger partial charge in [0, 0.05) is 73.5 Å². The van der Waals surface area contributed by atoms with E-state index in [1.54, 1.807) is 0 Å². The lowest BCUT2D eigenvalue weighted by Gasteiger charge is -2.52. The van der Waals surface area contributed by atoms with Crippen LogP contribution in [0.2, 0.25) is 0 Å². The first-order chi connectivity index (χ1) is 34.0. The van der Waals surface area contributed by atoms with E-state index in [1.165, 1.54) is 49.6 Å². The Labute approximate surface area is 406 Å². The Balaban J connectivity index is 1.12. The predicted octanol–water partition coefficient (Wildman–Crippen LogP) is 12.9. The molecule has 0 amide bonds. The van der Waals surface area contributed by atoms with E-state index in [9.17, 15) is 0 Å². The molecule has 0 fully saturated rings. The van der Waals surface area contributed by atoms with Gasteiger partial charge in [-0.25, -0.2) is 0 Å². The van der Waals surface area contributed by atoms with Crippen molar-refractivity contribution in [3.63, 3.8) is 0 Å². The summed E-state index contributed by atoms with van der Waals surface area (Å²) in [5, 5.41) is 4.49. The van der Waals surface area contributed by atoms with Crippen molar-refractivity contribution in [2.75, 3.05) is 14.7 Å². The lowest BCUT2D eigenvalue weighted by molar-refractivity contribution is 0.470. The number of furan rings is 2. The van der Waals surface area contributed by atoms with Gasteiger partial charge < -0.3 is 28.3 Å². The quantitative estimate of drug-likeness (QED) is 0.161. The maximum atomic E-state index is 7.50. The molecule has 16 rings (SSSR count). The standard InChI is InChI=1S/C62H45B2N3O3/c1-61(2,3)34-25-44-58-54(27-34)70-55-28-35(62(4,5)6)26-45-59(55)67(58)60-56-48(65(36-17-9-7-10-18-36)46-32-52-40(29-42(46)63(44)56)38-21-13-15-23-50(38)68-52)31-49-57(60)64(45)43-30-41-39-22-14-16-24-51(39)69-53(41)33-47(43)66(49)37-19-11-8-12-20-37/h7-33H,1-6H3. The van der Waals surface area contributed by atoms with Gasteiger partial charge in [-0.05, 0) is 109 Å². The maximum Gasteiger partial charge on any atom is 0.252 e. The number of benzene rings is 9. The number of rotatable bonds is 2. The first kappa shape index (κ1) is 38.8. The van der Waals surface area contributed by atoms with Crippen molar-refractivity contribution in [1.29, 1.82) is 0 Å². The van der Waals surface area contributed by atoms with Gasteiger partial charge in [-0.15, -0.1) is 0 Å². The van der Waals surface area contributed by atoms with Gasteiger partial charge >= 0.3 is 0 Å². The number of fused-ring (bicyclic) bond motifs is 12. The molecule has 0 radical (unpaired) electrons. The van der Waals surface area contributed by atoms with Crippen molar-refractivity contribution < 1.29 is 13.6 Å². The number of hydrogen-bond acceptors (Lipinski definition) is 6. The number of para-hydroxylation sites is 4. The first-order valence-corrected chi connectivity index (χ1v) is 24.6. The molecular formula is C62H45B2N3O3. The zero-order valence-corrected chi connectivity index (χ0v) is 39.8. The zero-order valence-electron chi connectivity index (χ0n) is 39.8. The summed E-state index contributed by atoms with van der Waals surface area (Å²) in [7, 11) is 0. The van der Waals surface area contributed by atoms with E-state index >= 15 is 0 Å². The smallest absolute Gasteiger partial charge is 0.252 e. The lowest BCUT2D eigenvalue weighted by atomic mass is 9.28.